The maximum Gasteiger partial charge on any atom is 0.410 e. The number of aromatic hydroxyl groups is 1. The minimum absolute atomic E-state index is 0.0440. The third-order valence-corrected chi connectivity index (χ3v) is 12.3. The van der Waals surface area contributed by atoms with Crippen LogP contribution in [0.2, 0.25) is 15.5 Å². The highest BCUT2D eigenvalue weighted by atomic mass is 35.5. The largest absolute Gasteiger partial charge is 0.493 e. The second-order valence-electron chi connectivity index (χ2n) is 19.5. The molecule has 5 atom stereocenters. The zero-order valence-electron chi connectivity index (χ0n) is 48.8. The Labute approximate surface area is 489 Å². The van der Waals surface area contributed by atoms with Gasteiger partial charge in [-0.1, -0.05) is 97.1 Å². The van der Waals surface area contributed by atoms with Crippen LogP contribution in [0.4, 0.5) is 10.6 Å². The van der Waals surface area contributed by atoms with Crippen molar-refractivity contribution < 1.29 is 71.9 Å². The van der Waals surface area contributed by atoms with Gasteiger partial charge in [-0.15, -0.1) is 0 Å². The number of H-pyrrole nitrogens is 1. The fourth-order valence-electron chi connectivity index (χ4n) is 7.09. The molecule has 24 nitrogen and oxygen atoms in total. The van der Waals surface area contributed by atoms with Crippen molar-refractivity contribution in [1.29, 1.82) is 0 Å². The molecule has 0 saturated carbocycles. The lowest BCUT2D eigenvalue weighted by atomic mass is 9.93. The number of hydrogen-bond donors (Lipinski definition) is 2. The van der Waals surface area contributed by atoms with Gasteiger partial charge in [0.15, 0.2) is 0 Å². The minimum Gasteiger partial charge on any atom is -0.493 e. The van der Waals surface area contributed by atoms with Gasteiger partial charge in [-0.05, 0) is 64.2 Å². The molecule has 4 rings (SSSR count). The molecule has 3 aromatic rings. The number of aromatic nitrogens is 6. The Bertz CT molecular complexity index is 2480. The number of ether oxygens (including phenoxy) is 6. The van der Waals surface area contributed by atoms with Crippen molar-refractivity contribution in [2.24, 2.45) is 11.8 Å². The Hall–Kier alpha value is -6.49. The zero-order valence-corrected chi connectivity index (χ0v) is 51.0. The Morgan fingerprint density at radius 1 is 0.630 bits per heavy atom. The van der Waals surface area contributed by atoms with Crippen LogP contribution in [0.5, 0.6) is 5.88 Å². The van der Waals surface area contributed by atoms with Gasteiger partial charge in [0, 0.05) is 49.6 Å². The van der Waals surface area contributed by atoms with Gasteiger partial charge in [0.2, 0.25) is 5.88 Å². The fourth-order valence-corrected chi connectivity index (χ4v) is 8.09. The van der Waals surface area contributed by atoms with Gasteiger partial charge >= 0.3 is 42.1 Å². The van der Waals surface area contributed by atoms with Gasteiger partial charge in [0.1, 0.15) is 39.5 Å². The van der Waals surface area contributed by atoms with Gasteiger partial charge in [-0.2, -0.15) is 9.59 Å². The van der Waals surface area contributed by atoms with Crippen LogP contribution in [0.3, 0.4) is 0 Å². The van der Waals surface area contributed by atoms with Crippen LogP contribution in [0.1, 0.15) is 169 Å². The number of carbonyl (C=O) groups excluding carboxylic acids is 8. The summed E-state index contributed by atoms with van der Waals surface area (Å²) in [5.41, 5.74) is 0.468. The second-order valence-corrected chi connectivity index (χ2v) is 20.5. The monoisotopic (exact) mass is 1200 g/mol. The van der Waals surface area contributed by atoms with Crippen LogP contribution in [0, 0.1) is 11.8 Å². The van der Waals surface area contributed by atoms with Gasteiger partial charge in [-0.3, -0.25) is 28.8 Å². The molecule has 1 amide bonds. The summed E-state index contributed by atoms with van der Waals surface area (Å²) in [7, 11) is 1.35. The van der Waals surface area contributed by atoms with E-state index in [9.17, 15) is 38.7 Å². The van der Waals surface area contributed by atoms with E-state index in [1.54, 1.807) is 18.7 Å². The summed E-state index contributed by atoms with van der Waals surface area (Å²) in [5.74, 6) is -2.22. The summed E-state index contributed by atoms with van der Waals surface area (Å²) in [5, 5.41) is 10.4. The number of rotatable bonds is 22. The van der Waals surface area contributed by atoms with Crippen LogP contribution < -0.4 is 10.5 Å². The molecule has 4 heterocycles. The number of piperazine rings is 1. The van der Waals surface area contributed by atoms with Crippen molar-refractivity contribution in [2.75, 3.05) is 64.6 Å². The molecule has 0 bridgehead atoms. The molecule has 1 aliphatic rings. The maximum atomic E-state index is 12.3. The standard InChI is InChI=1S/C20H31ClN4O4.C11H14Cl2N2O2.C11H16N2O4.C11H20O4.CO2/c1-6-11-28-15(26)12-14(2)16-17(21)22-13-23-18(16)24-7-9-25(10-8-24)19(27)29-20(3,4)5;1-3-4-17-8(16)5-7(2)9-10(12)14-6-15-11(9)13;1-3-4-17-8(14)5-7(2)9-10(15)12-6-13-11(9)16;1-5-6-15-10(12)7-8(2)9(3)11(13)14-4;2-1-3/h13-14H,6-12H2,1-5H3;6-7H,3-5H2,1-2H3;6-7H,3-5H2,1-2H3,(H2,12,13,15,16);8-9H,5-7H2,1-4H3;/t14-;2*7-;8-,9?;/m1111./s1. The van der Waals surface area contributed by atoms with E-state index in [0.717, 1.165) is 37.6 Å². The number of nitrogens with zero attached hydrogens (tertiary/aromatic N) is 7. The summed E-state index contributed by atoms with van der Waals surface area (Å²) in [6.07, 6.45) is 7.63. The van der Waals surface area contributed by atoms with E-state index in [1.165, 1.54) is 19.8 Å². The van der Waals surface area contributed by atoms with Crippen LogP contribution in [-0.4, -0.2) is 147 Å². The van der Waals surface area contributed by atoms with E-state index in [0.29, 0.717) is 69.1 Å². The van der Waals surface area contributed by atoms with Crippen molar-refractivity contribution in [3.63, 3.8) is 0 Å². The lowest BCUT2D eigenvalue weighted by Crippen LogP contribution is -2.50. The van der Waals surface area contributed by atoms with Crippen LogP contribution in [0.25, 0.3) is 0 Å². The number of methoxy groups -OCH3 is 1. The molecule has 1 saturated heterocycles. The molecule has 81 heavy (non-hydrogen) atoms. The van der Waals surface area contributed by atoms with Crippen molar-refractivity contribution in [3.8, 4) is 5.88 Å². The maximum absolute atomic E-state index is 12.3. The summed E-state index contributed by atoms with van der Waals surface area (Å²) in [6.45, 7) is 26.1. The summed E-state index contributed by atoms with van der Waals surface area (Å²) in [4.78, 5) is 123. The van der Waals surface area contributed by atoms with Gasteiger partial charge in [0.25, 0.3) is 5.56 Å². The highest BCUT2D eigenvalue weighted by molar-refractivity contribution is 6.34. The van der Waals surface area contributed by atoms with Crippen LogP contribution in [0.15, 0.2) is 23.8 Å². The summed E-state index contributed by atoms with van der Waals surface area (Å²) >= 11 is 18.2. The van der Waals surface area contributed by atoms with Crippen LogP contribution in [-0.2, 0) is 62.0 Å². The van der Waals surface area contributed by atoms with E-state index >= 15 is 0 Å². The van der Waals surface area contributed by atoms with Gasteiger partial charge in [0.05, 0.1) is 70.6 Å². The summed E-state index contributed by atoms with van der Waals surface area (Å²) in [6, 6.07) is 0. The summed E-state index contributed by atoms with van der Waals surface area (Å²) < 4.78 is 30.1. The first-order valence-electron chi connectivity index (χ1n) is 26.5. The van der Waals surface area contributed by atoms with Crippen molar-refractivity contribution in [2.45, 2.75) is 158 Å². The zero-order chi connectivity index (χ0) is 61.8. The predicted octanol–water partition coefficient (Wildman–Crippen LogP) is 8.98. The van der Waals surface area contributed by atoms with Gasteiger partial charge < -0.3 is 48.3 Å². The average Bonchev–Trinajstić information content (AvgIpc) is 3.40. The molecule has 0 radical (unpaired) electrons. The number of halogens is 3. The number of esters is 5. The fraction of sp³-hybridized carbons (Fsp3) is 0.648. The molecule has 0 aliphatic carbocycles. The predicted molar refractivity (Wildman–Crippen MR) is 300 cm³/mol. The normalized spacial score (nSPS) is 13.5. The van der Waals surface area contributed by atoms with Crippen LogP contribution >= 0.6 is 34.8 Å². The lowest BCUT2D eigenvalue weighted by molar-refractivity contribution is -0.192. The molecule has 3 aromatic heterocycles. The molecule has 1 aliphatic heterocycles. The number of hydrogen-bond acceptors (Lipinski definition) is 22. The minimum atomic E-state index is -0.524. The van der Waals surface area contributed by atoms with Crippen molar-refractivity contribution in [3.05, 3.63) is 61.5 Å². The number of nitrogens with one attached hydrogen (secondary N) is 1. The molecular weight excluding hydrogens is 1120 g/mol. The molecule has 27 heteroatoms. The smallest absolute Gasteiger partial charge is 0.410 e. The molecule has 2 N–H and O–H groups in total. The average molecular weight is 1200 g/mol. The van der Waals surface area contributed by atoms with Crippen molar-refractivity contribution in [1.82, 2.24) is 34.8 Å². The molecule has 0 aromatic carbocycles. The first-order chi connectivity index (χ1) is 38.2. The highest BCUT2D eigenvalue weighted by Crippen LogP contribution is 2.34. The van der Waals surface area contributed by atoms with Crippen molar-refractivity contribution >= 4 is 82.7 Å². The lowest BCUT2D eigenvalue weighted by Gasteiger charge is -2.37. The van der Waals surface area contributed by atoms with Gasteiger partial charge in [-0.25, -0.2) is 29.7 Å². The molecule has 0 spiro atoms. The number of aromatic amines is 1. The number of carbonyl (C=O) groups is 6. The number of amides is 1. The second kappa shape index (κ2) is 40.6. The molecule has 1 fully saturated rings. The SMILES string of the molecule is CCCOC(=O)C[C@@H](C)C(C)C(=O)OC.CCCOC(=O)C[C@@H](C)c1c(Cl)ncnc1Cl.CCCOC(=O)C[C@@H](C)c1c(Cl)ncnc1N1CCN(C(=O)OC(C)(C)C)CC1.CCCOC(=O)C[C@@H](C)c1c(O)nc[nH]c1=O.O=C=O. The van der Waals surface area contributed by atoms with E-state index in [2.05, 4.69) is 39.5 Å². The third-order valence-electron chi connectivity index (χ3n) is 11.4. The third kappa shape index (κ3) is 29.7. The van der Waals surface area contributed by atoms with E-state index in [-0.39, 0.29) is 113 Å². The van der Waals surface area contributed by atoms with E-state index < -0.39 is 17.1 Å². The molecule has 1 unspecified atom stereocenters. The Kier molecular flexibility index (Phi) is 37.4. The Balaban J connectivity index is 0.00000108. The number of anilines is 1. The molecule has 454 valence electrons. The first kappa shape index (κ1) is 74.5. The first-order valence-corrected chi connectivity index (χ1v) is 27.7. The molecular formula is C54H81Cl3N8O16. The Morgan fingerprint density at radius 3 is 1.41 bits per heavy atom. The Morgan fingerprint density at radius 2 is 1.01 bits per heavy atom. The highest BCUT2D eigenvalue weighted by Gasteiger charge is 2.30. The quantitative estimate of drug-likeness (QED) is 0.0538. The topological polar surface area (TPSA) is 316 Å². The van der Waals surface area contributed by atoms with E-state index in [1.807, 2.05) is 69.2 Å². The van der Waals surface area contributed by atoms with E-state index in [4.69, 9.17) is 68.1 Å².